The van der Waals surface area contributed by atoms with Crippen LogP contribution in [0.25, 0.3) is 10.2 Å². The number of nitrogens with zero attached hydrogens (tertiary/aromatic N) is 2. The molecule has 0 atom stereocenters. The summed E-state index contributed by atoms with van der Waals surface area (Å²) in [4.78, 5) is 43.0. The van der Waals surface area contributed by atoms with Gasteiger partial charge in [-0.05, 0) is 31.5 Å². The number of amides is 1. The summed E-state index contributed by atoms with van der Waals surface area (Å²) < 4.78 is 6.26. The predicted octanol–water partition coefficient (Wildman–Crippen LogP) is 2.84. The van der Waals surface area contributed by atoms with Crippen LogP contribution in [0.1, 0.15) is 29.1 Å². The molecule has 0 aliphatic heterocycles. The Hall–Kier alpha value is -3.00. The van der Waals surface area contributed by atoms with Gasteiger partial charge in [-0.2, -0.15) is 0 Å². The molecule has 0 aliphatic rings. The van der Waals surface area contributed by atoms with Gasteiger partial charge in [0.05, 0.1) is 29.6 Å². The minimum absolute atomic E-state index is 0.198. The number of aromatic nitrogens is 2. The molecule has 2 heterocycles. The molecular weight excluding hydrogens is 366 g/mol. The Bertz CT molecular complexity index is 1050. The number of thiophene rings is 1. The SMILES string of the molecule is CCOC(=O)c1ccccc1NC(=O)Cn1cnc2sc(CC)cc2c1=O. The Labute approximate surface area is 159 Å². The predicted molar refractivity (Wildman–Crippen MR) is 104 cm³/mol. The van der Waals surface area contributed by atoms with Crippen molar-refractivity contribution in [1.82, 2.24) is 9.55 Å². The molecule has 8 heteroatoms. The van der Waals surface area contributed by atoms with E-state index in [1.165, 1.54) is 22.2 Å². The third-order valence-corrected chi connectivity index (χ3v) is 5.12. The standard InChI is InChI=1S/C19H19N3O4S/c1-3-12-9-14-17(27-12)20-11-22(18(14)24)10-16(23)21-15-8-6-5-7-13(15)19(25)26-4-2/h5-9,11H,3-4,10H2,1-2H3,(H,21,23). The minimum atomic E-state index is -0.515. The fourth-order valence-corrected chi connectivity index (χ4v) is 3.55. The maximum absolute atomic E-state index is 12.6. The fourth-order valence-electron chi connectivity index (χ4n) is 2.62. The summed E-state index contributed by atoms with van der Waals surface area (Å²) in [6.45, 7) is 3.76. The van der Waals surface area contributed by atoms with E-state index in [4.69, 9.17) is 4.74 Å². The number of rotatable bonds is 6. The summed E-state index contributed by atoms with van der Waals surface area (Å²) in [5.41, 5.74) is 0.343. The van der Waals surface area contributed by atoms with E-state index < -0.39 is 11.9 Å². The number of esters is 1. The van der Waals surface area contributed by atoms with Crippen LogP contribution in [-0.4, -0.2) is 28.0 Å². The first kappa shape index (κ1) is 18.8. The van der Waals surface area contributed by atoms with Gasteiger partial charge in [0, 0.05) is 4.88 Å². The van der Waals surface area contributed by atoms with E-state index in [0.717, 1.165) is 11.3 Å². The molecule has 140 valence electrons. The zero-order valence-corrected chi connectivity index (χ0v) is 15.8. The first-order valence-electron chi connectivity index (χ1n) is 8.57. The lowest BCUT2D eigenvalue weighted by atomic mass is 10.2. The molecule has 1 N–H and O–H groups in total. The molecule has 27 heavy (non-hydrogen) atoms. The van der Waals surface area contributed by atoms with Crippen LogP contribution in [0, 0.1) is 0 Å². The average molecular weight is 385 g/mol. The van der Waals surface area contributed by atoms with Crippen LogP contribution < -0.4 is 10.9 Å². The van der Waals surface area contributed by atoms with Gasteiger partial charge in [0.1, 0.15) is 11.4 Å². The van der Waals surface area contributed by atoms with Crippen LogP contribution in [0.4, 0.5) is 5.69 Å². The average Bonchev–Trinajstić information content (AvgIpc) is 3.09. The van der Waals surface area contributed by atoms with Crippen LogP contribution in [0.3, 0.4) is 0 Å². The maximum Gasteiger partial charge on any atom is 0.340 e. The van der Waals surface area contributed by atoms with E-state index in [-0.39, 0.29) is 24.3 Å². The largest absolute Gasteiger partial charge is 0.462 e. The normalized spacial score (nSPS) is 10.7. The Balaban J connectivity index is 1.81. The number of benzene rings is 1. The third-order valence-electron chi connectivity index (χ3n) is 3.93. The first-order valence-corrected chi connectivity index (χ1v) is 9.39. The number of para-hydroxylation sites is 1. The highest BCUT2D eigenvalue weighted by atomic mass is 32.1. The summed E-state index contributed by atoms with van der Waals surface area (Å²) in [7, 11) is 0. The summed E-state index contributed by atoms with van der Waals surface area (Å²) >= 11 is 1.48. The molecule has 0 saturated heterocycles. The van der Waals surface area contributed by atoms with Crippen LogP contribution in [0.2, 0.25) is 0 Å². The van der Waals surface area contributed by atoms with Crippen molar-refractivity contribution in [2.24, 2.45) is 0 Å². The fraction of sp³-hybridized carbons (Fsp3) is 0.263. The highest BCUT2D eigenvalue weighted by molar-refractivity contribution is 7.18. The van der Waals surface area contributed by atoms with Gasteiger partial charge in [-0.1, -0.05) is 19.1 Å². The van der Waals surface area contributed by atoms with Crippen LogP contribution in [-0.2, 0) is 22.5 Å². The molecule has 3 rings (SSSR count). The van der Waals surface area contributed by atoms with Gasteiger partial charge in [0.15, 0.2) is 0 Å². The monoisotopic (exact) mass is 385 g/mol. The van der Waals surface area contributed by atoms with Crippen molar-refractivity contribution < 1.29 is 14.3 Å². The topological polar surface area (TPSA) is 90.3 Å². The Kier molecular flexibility index (Phi) is 5.66. The van der Waals surface area contributed by atoms with E-state index in [9.17, 15) is 14.4 Å². The van der Waals surface area contributed by atoms with Gasteiger partial charge in [-0.15, -0.1) is 11.3 Å². The van der Waals surface area contributed by atoms with Crippen molar-refractivity contribution in [2.75, 3.05) is 11.9 Å². The maximum atomic E-state index is 12.6. The second kappa shape index (κ2) is 8.13. The molecular formula is C19H19N3O4S. The van der Waals surface area contributed by atoms with Crippen molar-refractivity contribution in [3.05, 3.63) is 57.5 Å². The van der Waals surface area contributed by atoms with Crippen molar-refractivity contribution in [1.29, 1.82) is 0 Å². The van der Waals surface area contributed by atoms with Gasteiger partial charge in [0.25, 0.3) is 5.56 Å². The lowest BCUT2D eigenvalue weighted by molar-refractivity contribution is -0.116. The van der Waals surface area contributed by atoms with Gasteiger partial charge in [0.2, 0.25) is 5.91 Å². The highest BCUT2D eigenvalue weighted by Gasteiger charge is 2.15. The van der Waals surface area contributed by atoms with Crippen molar-refractivity contribution in [2.45, 2.75) is 26.8 Å². The summed E-state index contributed by atoms with van der Waals surface area (Å²) in [6.07, 6.45) is 2.20. The lowest BCUT2D eigenvalue weighted by Crippen LogP contribution is -2.28. The number of carbonyl (C=O) groups is 2. The number of anilines is 1. The third kappa shape index (κ3) is 4.06. The molecule has 0 spiro atoms. The number of hydrogen-bond donors (Lipinski definition) is 1. The summed E-state index contributed by atoms with van der Waals surface area (Å²) in [5, 5.41) is 3.18. The molecule has 0 unspecified atom stereocenters. The second-order valence-electron chi connectivity index (χ2n) is 5.78. The zero-order chi connectivity index (χ0) is 19.4. The number of nitrogens with one attached hydrogen (secondary N) is 1. The van der Waals surface area contributed by atoms with E-state index in [1.54, 1.807) is 31.2 Å². The number of hydrogen-bond acceptors (Lipinski definition) is 6. The zero-order valence-electron chi connectivity index (χ0n) is 15.0. The first-order chi connectivity index (χ1) is 13.0. The Morgan fingerprint density at radius 1 is 1.26 bits per heavy atom. The quantitative estimate of drug-likeness (QED) is 0.659. The highest BCUT2D eigenvalue weighted by Crippen LogP contribution is 2.21. The van der Waals surface area contributed by atoms with Crippen molar-refractivity contribution in [3.8, 4) is 0 Å². The van der Waals surface area contributed by atoms with Gasteiger partial charge in [-0.25, -0.2) is 9.78 Å². The molecule has 1 amide bonds. The smallest absolute Gasteiger partial charge is 0.340 e. The number of ether oxygens (including phenoxy) is 1. The van der Waals surface area contributed by atoms with Gasteiger partial charge in [-0.3, -0.25) is 14.2 Å². The van der Waals surface area contributed by atoms with Gasteiger partial charge >= 0.3 is 5.97 Å². The number of fused-ring (bicyclic) bond motifs is 1. The number of aryl methyl sites for hydroxylation is 1. The van der Waals surface area contributed by atoms with Crippen LogP contribution >= 0.6 is 11.3 Å². The summed E-state index contributed by atoms with van der Waals surface area (Å²) in [6, 6.07) is 8.40. The summed E-state index contributed by atoms with van der Waals surface area (Å²) in [5.74, 6) is -0.944. The molecule has 3 aromatic rings. The van der Waals surface area contributed by atoms with Crippen LogP contribution in [0.5, 0.6) is 0 Å². The van der Waals surface area contributed by atoms with E-state index in [0.29, 0.717) is 15.9 Å². The Morgan fingerprint density at radius 2 is 2.04 bits per heavy atom. The molecule has 1 aromatic carbocycles. The molecule has 0 bridgehead atoms. The molecule has 0 radical (unpaired) electrons. The van der Waals surface area contributed by atoms with Crippen molar-refractivity contribution >= 4 is 39.1 Å². The molecule has 0 aliphatic carbocycles. The van der Waals surface area contributed by atoms with E-state index in [1.807, 2.05) is 13.0 Å². The Morgan fingerprint density at radius 3 is 2.78 bits per heavy atom. The van der Waals surface area contributed by atoms with Crippen molar-refractivity contribution in [3.63, 3.8) is 0 Å². The van der Waals surface area contributed by atoms with Gasteiger partial charge < -0.3 is 10.1 Å². The van der Waals surface area contributed by atoms with Crippen LogP contribution in [0.15, 0.2) is 41.5 Å². The lowest BCUT2D eigenvalue weighted by Gasteiger charge is -2.11. The minimum Gasteiger partial charge on any atom is -0.462 e. The van der Waals surface area contributed by atoms with E-state index >= 15 is 0 Å². The number of carbonyl (C=O) groups excluding carboxylic acids is 2. The molecule has 2 aromatic heterocycles. The molecule has 0 fully saturated rings. The van der Waals surface area contributed by atoms with E-state index in [2.05, 4.69) is 10.3 Å². The second-order valence-corrected chi connectivity index (χ2v) is 6.89. The molecule has 7 nitrogen and oxygen atoms in total. The molecule has 0 saturated carbocycles.